The highest BCUT2D eigenvalue weighted by atomic mass is 16.2. The maximum absolute atomic E-state index is 12.2. The van der Waals surface area contributed by atoms with Gasteiger partial charge < -0.3 is 4.90 Å². The molecule has 0 aromatic heterocycles. The number of hydrogen-bond acceptors (Lipinski definition) is 1. The molecular weight excluding hydrogens is 210 g/mol. The van der Waals surface area contributed by atoms with Crippen molar-refractivity contribution in [2.75, 3.05) is 13.1 Å². The summed E-state index contributed by atoms with van der Waals surface area (Å²) in [7, 11) is 0. The fourth-order valence-electron chi connectivity index (χ4n) is 2.17. The smallest absolute Gasteiger partial charge is 0.253 e. The zero-order chi connectivity index (χ0) is 12.3. The van der Waals surface area contributed by atoms with Gasteiger partial charge in [0.2, 0.25) is 0 Å². The molecule has 1 heterocycles. The SMILES string of the molecule is C=C(C(=O)N1CCCCC1)c1ccc(C)cc1. The van der Waals surface area contributed by atoms with Crippen molar-refractivity contribution >= 4 is 11.5 Å². The molecule has 0 saturated carbocycles. The summed E-state index contributed by atoms with van der Waals surface area (Å²) in [4.78, 5) is 14.1. The average molecular weight is 229 g/mol. The molecule has 1 aliphatic heterocycles. The van der Waals surface area contributed by atoms with Crippen LogP contribution in [0.25, 0.3) is 5.57 Å². The molecule has 2 rings (SSSR count). The van der Waals surface area contributed by atoms with Crippen molar-refractivity contribution in [3.8, 4) is 0 Å². The van der Waals surface area contributed by atoms with Crippen LogP contribution in [-0.2, 0) is 4.79 Å². The van der Waals surface area contributed by atoms with Gasteiger partial charge >= 0.3 is 0 Å². The second kappa shape index (κ2) is 5.17. The molecule has 90 valence electrons. The van der Waals surface area contributed by atoms with Crippen molar-refractivity contribution in [3.05, 3.63) is 42.0 Å². The van der Waals surface area contributed by atoms with E-state index in [1.165, 1.54) is 12.0 Å². The van der Waals surface area contributed by atoms with Gasteiger partial charge in [-0.05, 0) is 31.7 Å². The molecule has 0 bridgehead atoms. The Morgan fingerprint density at radius 2 is 1.71 bits per heavy atom. The third-order valence-electron chi connectivity index (χ3n) is 3.30. The predicted octanol–water partition coefficient (Wildman–Crippen LogP) is 3.02. The summed E-state index contributed by atoms with van der Waals surface area (Å²) >= 11 is 0. The summed E-state index contributed by atoms with van der Waals surface area (Å²) in [5.41, 5.74) is 2.75. The molecule has 0 radical (unpaired) electrons. The molecule has 1 aliphatic rings. The van der Waals surface area contributed by atoms with Gasteiger partial charge in [0.1, 0.15) is 0 Å². The first-order chi connectivity index (χ1) is 8.18. The minimum atomic E-state index is 0.0913. The third-order valence-corrected chi connectivity index (χ3v) is 3.30. The molecule has 17 heavy (non-hydrogen) atoms. The van der Waals surface area contributed by atoms with Crippen molar-refractivity contribution in [3.63, 3.8) is 0 Å². The Balaban J connectivity index is 2.08. The first-order valence-corrected chi connectivity index (χ1v) is 6.24. The zero-order valence-corrected chi connectivity index (χ0v) is 10.4. The third kappa shape index (κ3) is 2.76. The van der Waals surface area contributed by atoms with E-state index >= 15 is 0 Å². The lowest BCUT2D eigenvalue weighted by Gasteiger charge is -2.27. The van der Waals surface area contributed by atoms with Crippen LogP contribution in [0.1, 0.15) is 30.4 Å². The second-order valence-electron chi connectivity index (χ2n) is 4.70. The van der Waals surface area contributed by atoms with E-state index < -0.39 is 0 Å². The normalized spacial score (nSPS) is 15.7. The number of carbonyl (C=O) groups is 1. The van der Waals surface area contributed by atoms with E-state index in [0.717, 1.165) is 31.5 Å². The minimum Gasteiger partial charge on any atom is -0.339 e. The summed E-state index contributed by atoms with van der Waals surface area (Å²) < 4.78 is 0. The van der Waals surface area contributed by atoms with Gasteiger partial charge in [-0.25, -0.2) is 0 Å². The molecule has 1 fully saturated rings. The standard InChI is InChI=1S/C15H19NO/c1-12-6-8-14(9-7-12)13(2)15(17)16-10-4-3-5-11-16/h6-9H,2-5,10-11H2,1H3. The predicted molar refractivity (Wildman–Crippen MR) is 70.6 cm³/mol. The van der Waals surface area contributed by atoms with Gasteiger partial charge in [-0.15, -0.1) is 0 Å². The highest BCUT2D eigenvalue weighted by molar-refractivity contribution is 6.18. The van der Waals surface area contributed by atoms with E-state index in [9.17, 15) is 4.79 Å². The number of benzene rings is 1. The molecule has 2 heteroatoms. The van der Waals surface area contributed by atoms with Gasteiger partial charge in [-0.1, -0.05) is 36.4 Å². The van der Waals surface area contributed by atoms with Crippen LogP contribution in [0, 0.1) is 6.92 Å². The van der Waals surface area contributed by atoms with Gasteiger partial charge in [-0.3, -0.25) is 4.79 Å². The summed E-state index contributed by atoms with van der Waals surface area (Å²) in [6.45, 7) is 7.74. The number of hydrogen-bond donors (Lipinski definition) is 0. The van der Waals surface area contributed by atoms with Gasteiger partial charge in [0.05, 0.1) is 0 Å². The molecule has 0 N–H and O–H groups in total. The van der Waals surface area contributed by atoms with Crippen LogP contribution in [0.15, 0.2) is 30.8 Å². The van der Waals surface area contributed by atoms with E-state index in [-0.39, 0.29) is 5.91 Å². The minimum absolute atomic E-state index is 0.0913. The Morgan fingerprint density at radius 1 is 1.12 bits per heavy atom. The topological polar surface area (TPSA) is 20.3 Å². The molecule has 2 nitrogen and oxygen atoms in total. The molecule has 1 aromatic rings. The molecule has 0 unspecified atom stereocenters. The lowest BCUT2D eigenvalue weighted by atomic mass is 10.0. The van der Waals surface area contributed by atoms with Gasteiger partial charge in [0, 0.05) is 18.7 Å². The van der Waals surface area contributed by atoms with Crippen molar-refractivity contribution < 1.29 is 4.79 Å². The van der Waals surface area contributed by atoms with E-state index in [2.05, 4.69) is 6.58 Å². The van der Waals surface area contributed by atoms with E-state index in [0.29, 0.717) is 5.57 Å². The van der Waals surface area contributed by atoms with Gasteiger partial charge in [-0.2, -0.15) is 0 Å². The van der Waals surface area contributed by atoms with Gasteiger partial charge in [0.15, 0.2) is 0 Å². The summed E-state index contributed by atoms with van der Waals surface area (Å²) in [5.74, 6) is 0.0913. The number of rotatable bonds is 2. The molecule has 0 atom stereocenters. The quantitative estimate of drug-likeness (QED) is 0.714. The fourth-order valence-corrected chi connectivity index (χ4v) is 2.17. The zero-order valence-electron chi connectivity index (χ0n) is 10.4. The van der Waals surface area contributed by atoms with E-state index in [1.807, 2.05) is 36.1 Å². The molecule has 1 aromatic carbocycles. The van der Waals surface area contributed by atoms with Crippen LogP contribution in [0.4, 0.5) is 0 Å². The molecule has 1 saturated heterocycles. The number of aryl methyl sites for hydroxylation is 1. The number of carbonyl (C=O) groups excluding carboxylic acids is 1. The maximum Gasteiger partial charge on any atom is 0.253 e. The average Bonchev–Trinajstić information content (AvgIpc) is 2.39. The highest BCUT2D eigenvalue weighted by Crippen LogP contribution is 2.18. The monoisotopic (exact) mass is 229 g/mol. The van der Waals surface area contributed by atoms with Crippen molar-refractivity contribution in [2.45, 2.75) is 26.2 Å². The van der Waals surface area contributed by atoms with E-state index in [4.69, 9.17) is 0 Å². The first-order valence-electron chi connectivity index (χ1n) is 6.24. The summed E-state index contributed by atoms with van der Waals surface area (Å²) in [6.07, 6.45) is 3.47. The number of piperidine rings is 1. The Bertz CT molecular complexity index is 413. The maximum atomic E-state index is 12.2. The van der Waals surface area contributed by atoms with Crippen LogP contribution in [0.3, 0.4) is 0 Å². The molecule has 0 aliphatic carbocycles. The molecule has 0 spiro atoms. The Kier molecular flexibility index (Phi) is 3.62. The van der Waals surface area contributed by atoms with Crippen LogP contribution >= 0.6 is 0 Å². The Hall–Kier alpha value is -1.57. The lowest BCUT2D eigenvalue weighted by molar-refractivity contribution is -0.125. The highest BCUT2D eigenvalue weighted by Gasteiger charge is 2.19. The second-order valence-corrected chi connectivity index (χ2v) is 4.70. The lowest BCUT2D eigenvalue weighted by Crippen LogP contribution is -2.35. The largest absolute Gasteiger partial charge is 0.339 e. The van der Waals surface area contributed by atoms with Crippen molar-refractivity contribution in [1.29, 1.82) is 0 Å². The van der Waals surface area contributed by atoms with Crippen LogP contribution in [0.5, 0.6) is 0 Å². The number of nitrogens with zero attached hydrogens (tertiary/aromatic N) is 1. The van der Waals surface area contributed by atoms with Crippen LogP contribution in [-0.4, -0.2) is 23.9 Å². The first kappa shape index (κ1) is 11.9. The summed E-state index contributed by atoms with van der Waals surface area (Å²) in [5, 5.41) is 0. The van der Waals surface area contributed by atoms with Crippen LogP contribution in [0.2, 0.25) is 0 Å². The van der Waals surface area contributed by atoms with E-state index in [1.54, 1.807) is 0 Å². The Morgan fingerprint density at radius 3 is 2.29 bits per heavy atom. The summed E-state index contributed by atoms with van der Waals surface area (Å²) in [6, 6.07) is 7.98. The van der Waals surface area contributed by atoms with Gasteiger partial charge in [0.25, 0.3) is 5.91 Å². The fraction of sp³-hybridized carbons (Fsp3) is 0.400. The number of likely N-dealkylation sites (tertiary alicyclic amines) is 1. The number of amides is 1. The van der Waals surface area contributed by atoms with Crippen molar-refractivity contribution in [1.82, 2.24) is 4.90 Å². The molecular formula is C15H19NO. The van der Waals surface area contributed by atoms with Crippen molar-refractivity contribution in [2.24, 2.45) is 0 Å². The van der Waals surface area contributed by atoms with Crippen LogP contribution < -0.4 is 0 Å². The Labute approximate surface area is 103 Å². The molecule has 1 amide bonds.